The number of thioether (sulfide) groups is 1. The normalized spacial score (nSPS) is 13.6. The summed E-state index contributed by atoms with van der Waals surface area (Å²) in [5.41, 5.74) is 1.94. The molecule has 0 saturated carbocycles. The summed E-state index contributed by atoms with van der Waals surface area (Å²) in [5.74, 6) is 1.10. The molecule has 34 heavy (non-hydrogen) atoms. The van der Waals surface area contributed by atoms with Gasteiger partial charge in [-0.3, -0.25) is 9.59 Å². The summed E-state index contributed by atoms with van der Waals surface area (Å²) in [6, 6.07) is 13.8. The Labute approximate surface area is 202 Å². The summed E-state index contributed by atoms with van der Waals surface area (Å²) in [6.07, 6.45) is 1.43. The molecule has 1 aromatic heterocycles. The van der Waals surface area contributed by atoms with Crippen LogP contribution in [0.5, 0.6) is 0 Å². The van der Waals surface area contributed by atoms with Crippen LogP contribution in [0.4, 0.5) is 10.1 Å². The number of hydrogen-bond donors (Lipinski definition) is 1. The largest absolute Gasteiger partial charge is 0.345 e. The maximum Gasteiger partial charge on any atom is 0.251 e. The average molecular weight is 482 g/mol. The van der Waals surface area contributed by atoms with Crippen LogP contribution in [0.1, 0.15) is 48.4 Å². The number of nitrogens with one attached hydrogen (secondary N) is 1. The minimum absolute atomic E-state index is 0.116. The monoisotopic (exact) mass is 481 g/mol. The highest BCUT2D eigenvalue weighted by Gasteiger charge is 2.22. The Kier molecular flexibility index (Phi) is 7.62. The van der Waals surface area contributed by atoms with Crippen molar-refractivity contribution >= 4 is 29.3 Å². The summed E-state index contributed by atoms with van der Waals surface area (Å²) in [5, 5.41) is 12.2. The standard InChI is InChI=1S/C25H28FN5O2S/c1-17(2)15-31-22(28-29-25(31)34-16-19-6-3-4-7-21(19)26)14-27-24(33)18-9-11-20(12-10-18)30-13-5-8-23(30)32/h3-4,6-7,9-12,17H,5,8,13-16H2,1-2H3,(H,27,33). The Morgan fingerprint density at radius 2 is 1.91 bits per heavy atom. The van der Waals surface area contributed by atoms with Crippen molar-refractivity contribution in [1.82, 2.24) is 20.1 Å². The third kappa shape index (κ3) is 5.64. The van der Waals surface area contributed by atoms with E-state index in [0.29, 0.717) is 53.3 Å². The molecule has 0 aliphatic carbocycles. The third-order valence-corrected chi connectivity index (χ3v) is 6.59. The summed E-state index contributed by atoms with van der Waals surface area (Å²) in [7, 11) is 0. The number of carbonyl (C=O) groups excluding carboxylic acids is 2. The van der Waals surface area contributed by atoms with E-state index in [0.717, 1.165) is 12.1 Å². The van der Waals surface area contributed by atoms with Crippen LogP contribution in [0, 0.1) is 11.7 Å². The van der Waals surface area contributed by atoms with Crippen molar-refractivity contribution in [3.63, 3.8) is 0 Å². The highest BCUT2D eigenvalue weighted by molar-refractivity contribution is 7.98. The Morgan fingerprint density at radius 3 is 2.59 bits per heavy atom. The fraction of sp³-hybridized carbons (Fsp3) is 0.360. The van der Waals surface area contributed by atoms with Crippen molar-refractivity contribution in [2.45, 2.75) is 50.7 Å². The molecule has 9 heteroatoms. The van der Waals surface area contributed by atoms with E-state index in [9.17, 15) is 14.0 Å². The molecule has 0 unspecified atom stereocenters. The van der Waals surface area contributed by atoms with Crippen LogP contribution in [-0.2, 0) is 23.6 Å². The molecule has 1 aliphatic rings. The second-order valence-electron chi connectivity index (χ2n) is 8.66. The van der Waals surface area contributed by atoms with Gasteiger partial charge in [0.25, 0.3) is 5.91 Å². The number of amides is 2. The highest BCUT2D eigenvalue weighted by Crippen LogP contribution is 2.25. The highest BCUT2D eigenvalue weighted by atomic mass is 32.2. The molecule has 0 radical (unpaired) electrons. The first-order valence-corrected chi connectivity index (χ1v) is 12.4. The van der Waals surface area contributed by atoms with E-state index in [-0.39, 0.29) is 24.2 Å². The van der Waals surface area contributed by atoms with Crippen LogP contribution in [0.15, 0.2) is 53.7 Å². The Hall–Kier alpha value is -3.20. The molecule has 1 fully saturated rings. The number of anilines is 1. The Bertz CT molecular complexity index is 1160. The number of nitrogens with zero attached hydrogens (tertiary/aromatic N) is 4. The van der Waals surface area contributed by atoms with Gasteiger partial charge in [-0.2, -0.15) is 0 Å². The zero-order valence-electron chi connectivity index (χ0n) is 19.3. The van der Waals surface area contributed by atoms with Crippen molar-refractivity contribution in [2.24, 2.45) is 5.92 Å². The minimum Gasteiger partial charge on any atom is -0.345 e. The summed E-state index contributed by atoms with van der Waals surface area (Å²) in [4.78, 5) is 26.4. The molecule has 178 valence electrons. The molecule has 4 rings (SSSR count). The quantitative estimate of drug-likeness (QED) is 0.458. The number of benzene rings is 2. The third-order valence-electron chi connectivity index (χ3n) is 5.58. The molecule has 1 aliphatic heterocycles. The lowest BCUT2D eigenvalue weighted by atomic mass is 10.2. The predicted molar refractivity (Wildman–Crippen MR) is 130 cm³/mol. The van der Waals surface area contributed by atoms with E-state index in [4.69, 9.17) is 0 Å². The molecular weight excluding hydrogens is 453 g/mol. The zero-order chi connectivity index (χ0) is 24.1. The Balaban J connectivity index is 1.41. The first-order valence-electron chi connectivity index (χ1n) is 11.4. The van der Waals surface area contributed by atoms with E-state index in [1.807, 2.05) is 10.6 Å². The summed E-state index contributed by atoms with van der Waals surface area (Å²) >= 11 is 1.43. The van der Waals surface area contributed by atoms with Crippen molar-refractivity contribution in [3.8, 4) is 0 Å². The lowest BCUT2D eigenvalue weighted by Crippen LogP contribution is -2.26. The van der Waals surface area contributed by atoms with Gasteiger partial charge in [0.1, 0.15) is 5.82 Å². The van der Waals surface area contributed by atoms with E-state index in [1.54, 1.807) is 41.3 Å². The van der Waals surface area contributed by atoms with Gasteiger partial charge in [0.15, 0.2) is 11.0 Å². The van der Waals surface area contributed by atoms with Crippen molar-refractivity contribution in [3.05, 3.63) is 71.3 Å². The van der Waals surface area contributed by atoms with Crippen molar-refractivity contribution in [1.29, 1.82) is 0 Å². The number of aromatic nitrogens is 3. The lowest BCUT2D eigenvalue weighted by molar-refractivity contribution is -0.117. The van der Waals surface area contributed by atoms with Gasteiger partial charge in [-0.25, -0.2) is 4.39 Å². The van der Waals surface area contributed by atoms with E-state index >= 15 is 0 Å². The van der Waals surface area contributed by atoms with Gasteiger partial charge in [0, 0.05) is 36.5 Å². The first-order chi connectivity index (χ1) is 16.4. The topological polar surface area (TPSA) is 80.1 Å². The number of rotatable bonds is 9. The van der Waals surface area contributed by atoms with Crippen LogP contribution >= 0.6 is 11.8 Å². The van der Waals surface area contributed by atoms with E-state index < -0.39 is 0 Å². The molecule has 3 aromatic rings. The molecule has 0 bridgehead atoms. The molecule has 0 atom stereocenters. The minimum atomic E-state index is -0.238. The van der Waals surface area contributed by atoms with Gasteiger partial charge in [-0.15, -0.1) is 10.2 Å². The van der Waals surface area contributed by atoms with E-state index in [1.165, 1.54) is 17.8 Å². The lowest BCUT2D eigenvalue weighted by Gasteiger charge is -2.16. The molecule has 2 aromatic carbocycles. The van der Waals surface area contributed by atoms with Crippen LogP contribution in [-0.4, -0.2) is 33.1 Å². The van der Waals surface area contributed by atoms with Gasteiger partial charge >= 0.3 is 0 Å². The molecule has 2 amide bonds. The second kappa shape index (κ2) is 10.8. The van der Waals surface area contributed by atoms with Crippen LogP contribution in [0.2, 0.25) is 0 Å². The van der Waals surface area contributed by atoms with Crippen molar-refractivity contribution < 1.29 is 14.0 Å². The molecule has 1 saturated heterocycles. The van der Waals surface area contributed by atoms with Gasteiger partial charge in [-0.05, 0) is 48.2 Å². The zero-order valence-corrected chi connectivity index (χ0v) is 20.1. The van der Waals surface area contributed by atoms with Gasteiger partial charge in [0.2, 0.25) is 5.91 Å². The Morgan fingerprint density at radius 1 is 1.15 bits per heavy atom. The van der Waals surface area contributed by atoms with Gasteiger partial charge < -0.3 is 14.8 Å². The molecular formula is C25H28FN5O2S. The average Bonchev–Trinajstić information content (AvgIpc) is 3.42. The van der Waals surface area contributed by atoms with Crippen LogP contribution in [0.25, 0.3) is 0 Å². The molecule has 7 nitrogen and oxygen atoms in total. The van der Waals surface area contributed by atoms with E-state index in [2.05, 4.69) is 29.4 Å². The smallest absolute Gasteiger partial charge is 0.251 e. The predicted octanol–water partition coefficient (Wildman–Crippen LogP) is 4.42. The summed E-state index contributed by atoms with van der Waals surface area (Å²) in [6.45, 7) is 5.83. The van der Waals surface area contributed by atoms with Crippen LogP contribution < -0.4 is 10.2 Å². The molecule has 1 N–H and O–H groups in total. The fourth-order valence-corrected chi connectivity index (χ4v) is 4.79. The van der Waals surface area contributed by atoms with Gasteiger partial charge in [-0.1, -0.05) is 43.8 Å². The fourth-order valence-electron chi connectivity index (χ4n) is 3.84. The SMILES string of the molecule is CC(C)Cn1c(CNC(=O)c2ccc(N3CCCC3=O)cc2)nnc1SCc1ccccc1F. The summed E-state index contributed by atoms with van der Waals surface area (Å²) < 4.78 is 16.0. The first kappa shape index (κ1) is 23.9. The van der Waals surface area contributed by atoms with Gasteiger partial charge in [0.05, 0.1) is 6.54 Å². The second-order valence-corrected chi connectivity index (χ2v) is 9.60. The van der Waals surface area contributed by atoms with Crippen molar-refractivity contribution in [2.75, 3.05) is 11.4 Å². The maximum absolute atomic E-state index is 14.0. The number of halogens is 1. The number of carbonyl (C=O) groups is 2. The maximum atomic E-state index is 14.0. The molecule has 2 heterocycles. The molecule has 0 spiro atoms. The number of hydrogen-bond acceptors (Lipinski definition) is 5. The van der Waals surface area contributed by atoms with Crippen LogP contribution in [0.3, 0.4) is 0 Å².